The molecule has 3 aromatic heterocycles. The molecule has 0 aliphatic heterocycles. The molecule has 27 aromatic carbocycles. The van der Waals surface area contributed by atoms with Crippen molar-refractivity contribution in [1.82, 2.24) is 0 Å². The Hall–Kier alpha value is -16.8. The van der Waals surface area contributed by atoms with E-state index in [1.165, 1.54) is 0 Å². The van der Waals surface area contributed by atoms with E-state index in [-0.39, 0.29) is 137 Å². The lowest BCUT2D eigenvalue weighted by Gasteiger charge is -2.20. The van der Waals surface area contributed by atoms with Crippen LogP contribution in [0.4, 0.5) is 0 Å². The maximum Gasteiger partial charge on any atom is 0.0629 e. The molecule has 0 atom stereocenters. The molecule has 0 saturated heterocycles. The summed E-state index contributed by atoms with van der Waals surface area (Å²) in [5.41, 5.74) is 7.76. The van der Waals surface area contributed by atoms with E-state index < -0.39 is 72.5 Å². The lowest BCUT2D eigenvalue weighted by molar-refractivity contribution is 1.61. The Kier molecular flexibility index (Phi) is 13.6. The fourth-order valence-corrected chi connectivity index (χ4v) is 25.1. The van der Waals surface area contributed by atoms with Crippen molar-refractivity contribution in [3.05, 3.63) is 485 Å². The molecule has 0 unspecified atom stereocenters. The number of thiophene rings is 3. The third-order valence-electron chi connectivity index (χ3n) is 27.4. The van der Waals surface area contributed by atoms with Crippen LogP contribution in [0.3, 0.4) is 0 Å². The lowest BCUT2D eigenvalue weighted by atomic mass is 9.83. The van der Waals surface area contributed by atoms with Crippen molar-refractivity contribution in [2.24, 2.45) is 0 Å². The zero-order valence-electron chi connectivity index (χ0n) is 96.6. The standard InChI is InChI=1S/C46H28S.2C44H26S/c1-2-12-29(13-3-1)30-22-24-32(25-23-30)43-36-18-8-10-20-38(36)44(39-21-11-9-19-37(39)43)40-28-42-46(35-17-7-6-16-34(35)40)45-33-15-5-4-14-31(33)26-27-41(45)47-42;1-3-15-29-27(12-1)14-11-23-32(29)41-34-19-7-9-21-36(34)42(37-22-10-8-20-35(37)41)38-26-40-44(33-18-6-5-17-31(33)38)43-30-16-4-2-13-28(30)24-25-39(43)45-40;1-2-13-29-25-30(22-21-27(29)11-1)41-34-17-7-9-19-36(34)42(37-20-10-8-18-35(37)41)38-26-40-44(33-16-6-5-15-32(33)38)43-31-14-4-3-12-28(31)23-24-39(43)45-40/h1-28H;2*1-26H/i8D,9D,10D,11D,18D,19D,20D,21D;7D,8D,9D,10D,19D,20D,21D,22D;7D,8D,9D,10D,17D,18D,19D,20D. The van der Waals surface area contributed by atoms with E-state index in [0.717, 1.165) is 158 Å². The van der Waals surface area contributed by atoms with Crippen LogP contribution in [0.25, 0.3) is 289 Å². The zero-order chi connectivity index (χ0) is 111. The molecule has 0 saturated carbocycles. The fourth-order valence-electron chi connectivity index (χ4n) is 21.6. The average molecular weight is 1810 g/mol. The summed E-state index contributed by atoms with van der Waals surface area (Å²) in [7, 11) is 0. The van der Waals surface area contributed by atoms with Crippen LogP contribution in [-0.4, -0.2) is 0 Å². The Balaban J connectivity index is 0.000000114. The van der Waals surface area contributed by atoms with Gasteiger partial charge >= 0.3 is 0 Å². The molecule has 634 valence electrons. The second-order valence-electron chi connectivity index (χ2n) is 34.6. The number of fused-ring (bicyclic) bond motifs is 29. The van der Waals surface area contributed by atoms with Gasteiger partial charge in [0.05, 0.1) is 32.9 Å². The summed E-state index contributed by atoms with van der Waals surface area (Å²) in [6.45, 7) is 0. The van der Waals surface area contributed by atoms with Crippen LogP contribution >= 0.6 is 34.0 Å². The summed E-state index contributed by atoms with van der Waals surface area (Å²) in [6.07, 6.45) is 0. The molecule has 30 aromatic rings. The Morgan fingerprint density at radius 3 is 0.737 bits per heavy atom. The molecule has 0 radical (unpaired) electrons. The molecule has 0 fully saturated rings. The van der Waals surface area contributed by atoms with E-state index in [9.17, 15) is 16.4 Å². The molecule has 0 aliphatic rings. The van der Waals surface area contributed by atoms with Crippen LogP contribution in [0.5, 0.6) is 0 Å². The third kappa shape index (κ3) is 12.6. The van der Waals surface area contributed by atoms with Gasteiger partial charge in [-0.15, -0.1) is 34.0 Å². The molecule has 0 N–H and O–H groups in total. The maximum atomic E-state index is 9.50. The van der Waals surface area contributed by atoms with Crippen LogP contribution in [-0.2, 0) is 0 Å². The van der Waals surface area contributed by atoms with Gasteiger partial charge in [0, 0.05) is 60.5 Å². The largest absolute Gasteiger partial charge is 0.135 e. The first-order chi connectivity index (χ1) is 78.0. The Bertz CT molecular complexity index is 11700. The van der Waals surface area contributed by atoms with E-state index in [1.54, 1.807) is 34.0 Å². The van der Waals surface area contributed by atoms with Gasteiger partial charge in [-0.25, -0.2) is 0 Å². The predicted molar refractivity (Wildman–Crippen MR) is 601 cm³/mol. The van der Waals surface area contributed by atoms with Gasteiger partial charge in [0.2, 0.25) is 0 Å². The first-order valence-corrected chi connectivity index (χ1v) is 47.7. The minimum Gasteiger partial charge on any atom is -0.135 e. The number of hydrogen-bond acceptors (Lipinski definition) is 3. The highest BCUT2D eigenvalue weighted by atomic mass is 32.1. The van der Waals surface area contributed by atoms with Gasteiger partial charge in [-0.2, -0.15) is 0 Å². The van der Waals surface area contributed by atoms with Gasteiger partial charge in [-0.3, -0.25) is 0 Å². The molecular weight excluding hydrogens is 1710 g/mol. The monoisotopic (exact) mass is 1810 g/mol. The van der Waals surface area contributed by atoms with Crippen molar-refractivity contribution < 1.29 is 32.9 Å². The molecule has 0 spiro atoms. The van der Waals surface area contributed by atoms with Gasteiger partial charge in [0.15, 0.2) is 0 Å². The lowest BCUT2D eigenvalue weighted by Crippen LogP contribution is -1.92. The number of benzene rings is 27. The number of rotatable bonds is 7. The molecule has 137 heavy (non-hydrogen) atoms. The summed E-state index contributed by atoms with van der Waals surface area (Å²) in [4.78, 5) is 0. The molecule has 0 aliphatic carbocycles. The number of hydrogen-bond donors (Lipinski definition) is 0. The molecule has 3 heterocycles. The Morgan fingerprint density at radius 2 is 0.372 bits per heavy atom. The average Bonchev–Trinajstić information content (AvgIpc) is 1.60. The van der Waals surface area contributed by atoms with Crippen molar-refractivity contribution in [3.8, 4) is 77.9 Å². The molecule has 0 amide bonds. The fraction of sp³-hybridized carbons (Fsp3) is 0. The molecule has 3 heteroatoms. The topological polar surface area (TPSA) is 0 Å². The Morgan fingerprint density at radius 1 is 0.131 bits per heavy atom. The van der Waals surface area contributed by atoms with E-state index in [4.69, 9.17) is 16.4 Å². The first-order valence-electron chi connectivity index (χ1n) is 57.3. The quantitative estimate of drug-likeness (QED) is 0.140. The summed E-state index contributed by atoms with van der Waals surface area (Å²) >= 11 is 4.91. The molecule has 0 nitrogen and oxygen atoms in total. The molecular formula is C134H80S3. The summed E-state index contributed by atoms with van der Waals surface area (Å²) in [5, 5.41) is 24.8. The van der Waals surface area contributed by atoms with Crippen LogP contribution in [0.15, 0.2) is 485 Å². The zero-order valence-corrected chi connectivity index (χ0v) is 75.0. The van der Waals surface area contributed by atoms with Gasteiger partial charge < -0.3 is 0 Å². The predicted octanol–water partition coefficient (Wildman–Crippen LogP) is 40.0. The molecule has 0 bridgehead atoms. The van der Waals surface area contributed by atoms with Crippen molar-refractivity contribution in [3.63, 3.8) is 0 Å². The molecule has 30 rings (SSSR count). The maximum absolute atomic E-state index is 9.50. The van der Waals surface area contributed by atoms with Gasteiger partial charge in [0.25, 0.3) is 0 Å². The SMILES string of the molecule is [2H]c1c([2H])c([2H])c2c(-c3cc4sc5ccc6ccccc6c5c4c4ccccc34)c3c([2H])c([2H])c([2H])c([2H])c3c(-c3ccc(-c4ccccc4)cc3)c2c1[2H].[2H]c1c([2H])c([2H])c2c(-c3cc4sc5ccc6ccccc6c5c4c4ccccc34)c3c([2H])c([2H])c([2H])c([2H])c3c(-c3ccc4ccccc4c3)c2c1[2H].[2H]c1c([2H])c([2H])c2c(-c3cc4sc5ccc6ccccc6c5c4c4ccccc34)c3c([2H])c([2H])c([2H])c([2H])c3c(-c3cccc4ccccc34)c2c1[2H]. The van der Waals surface area contributed by atoms with Crippen LogP contribution < -0.4 is 0 Å². The van der Waals surface area contributed by atoms with Gasteiger partial charge in [-0.1, -0.05) is 442 Å². The normalized spacial score (nSPS) is 14.4. The van der Waals surface area contributed by atoms with Crippen LogP contribution in [0, 0.1) is 0 Å². The minimum atomic E-state index is -0.414. The second-order valence-corrected chi connectivity index (χ2v) is 37.8. The highest BCUT2D eigenvalue weighted by Crippen LogP contribution is 2.56. The Labute approximate surface area is 835 Å². The van der Waals surface area contributed by atoms with Crippen molar-refractivity contribution >= 4 is 245 Å². The third-order valence-corrected chi connectivity index (χ3v) is 30.7. The van der Waals surface area contributed by atoms with E-state index in [0.29, 0.717) is 66.8 Å². The summed E-state index contributed by atoms with van der Waals surface area (Å²) < 4.78 is 226. The van der Waals surface area contributed by atoms with E-state index in [1.807, 2.05) is 249 Å². The van der Waals surface area contributed by atoms with Gasteiger partial charge in [-0.05, 0) is 271 Å². The van der Waals surface area contributed by atoms with Crippen molar-refractivity contribution in [2.45, 2.75) is 0 Å². The van der Waals surface area contributed by atoms with Crippen molar-refractivity contribution in [2.75, 3.05) is 0 Å². The smallest absolute Gasteiger partial charge is 0.0629 e. The first kappa shape index (κ1) is 58.3. The summed E-state index contributed by atoms with van der Waals surface area (Å²) in [6, 6.07) is 104. The van der Waals surface area contributed by atoms with Crippen LogP contribution in [0.1, 0.15) is 32.9 Å². The van der Waals surface area contributed by atoms with E-state index in [2.05, 4.69) is 91.0 Å². The van der Waals surface area contributed by atoms with E-state index >= 15 is 0 Å². The second kappa shape index (κ2) is 32.0. The summed E-state index contributed by atoms with van der Waals surface area (Å²) in [5.74, 6) is 0. The van der Waals surface area contributed by atoms with Crippen molar-refractivity contribution in [1.29, 1.82) is 0 Å². The highest BCUT2D eigenvalue weighted by molar-refractivity contribution is 7.27. The van der Waals surface area contributed by atoms with Gasteiger partial charge in [0.1, 0.15) is 0 Å². The highest BCUT2D eigenvalue weighted by Gasteiger charge is 2.27. The van der Waals surface area contributed by atoms with Crippen LogP contribution in [0.2, 0.25) is 0 Å². The minimum absolute atomic E-state index is 0.206.